The van der Waals surface area contributed by atoms with Crippen LogP contribution in [0.4, 0.5) is 11.4 Å². The van der Waals surface area contributed by atoms with Gasteiger partial charge in [0, 0.05) is 20.6 Å². The third kappa shape index (κ3) is 2.65. The Bertz CT molecular complexity index is 332. The van der Waals surface area contributed by atoms with Gasteiger partial charge in [-0.15, -0.1) is 0 Å². The van der Waals surface area contributed by atoms with Gasteiger partial charge in [0.1, 0.15) is 0 Å². The van der Waals surface area contributed by atoms with Crippen LogP contribution < -0.4 is 10.2 Å². The Labute approximate surface area is 97.9 Å². The van der Waals surface area contributed by atoms with Crippen molar-refractivity contribution < 1.29 is 0 Å². The lowest BCUT2D eigenvalue weighted by Gasteiger charge is -2.23. The monoisotopic (exact) mass is 219 g/mol. The summed E-state index contributed by atoms with van der Waals surface area (Å²) in [5, 5.41) is 3.13. The molecular weight excluding hydrogens is 198 g/mol. The van der Waals surface area contributed by atoms with Crippen LogP contribution >= 0.6 is 0 Å². The number of aromatic nitrogens is 1. The molecular formula is C13H21N3. The van der Waals surface area contributed by atoms with Crippen molar-refractivity contribution in [3.63, 3.8) is 0 Å². The molecule has 88 valence electrons. The predicted molar refractivity (Wildman–Crippen MR) is 69.0 cm³/mol. The van der Waals surface area contributed by atoms with E-state index in [-0.39, 0.29) is 0 Å². The molecule has 1 fully saturated rings. The van der Waals surface area contributed by atoms with E-state index in [9.17, 15) is 0 Å². The standard InChI is InChI=1S/C13H21N3/c1-14-12-7-13(9-15-8-12)16(2)10-11-5-3-4-6-11/h7-9,11,14H,3-6,10H2,1-2H3. The van der Waals surface area contributed by atoms with Gasteiger partial charge in [-0.2, -0.15) is 0 Å². The summed E-state index contributed by atoms with van der Waals surface area (Å²) in [6, 6.07) is 2.15. The van der Waals surface area contributed by atoms with E-state index in [0.29, 0.717) is 0 Å². The van der Waals surface area contributed by atoms with Crippen molar-refractivity contribution >= 4 is 11.4 Å². The smallest absolute Gasteiger partial charge is 0.0570 e. The number of anilines is 2. The third-order valence-electron chi connectivity index (χ3n) is 3.46. The molecule has 3 nitrogen and oxygen atoms in total. The summed E-state index contributed by atoms with van der Waals surface area (Å²) >= 11 is 0. The van der Waals surface area contributed by atoms with E-state index in [2.05, 4.69) is 28.3 Å². The second-order valence-corrected chi connectivity index (χ2v) is 4.71. The van der Waals surface area contributed by atoms with Crippen LogP contribution in [0.1, 0.15) is 25.7 Å². The third-order valence-corrected chi connectivity index (χ3v) is 3.46. The predicted octanol–water partition coefficient (Wildman–Crippen LogP) is 2.75. The Morgan fingerprint density at radius 2 is 2.12 bits per heavy atom. The summed E-state index contributed by atoms with van der Waals surface area (Å²) in [5.74, 6) is 0.878. The molecule has 1 N–H and O–H groups in total. The first-order chi connectivity index (χ1) is 7.79. The zero-order valence-corrected chi connectivity index (χ0v) is 10.2. The van der Waals surface area contributed by atoms with Crippen molar-refractivity contribution in [2.45, 2.75) is 25.7 Å². The lowest BCUT2D eigenvalue weighted by molar-refractivity contribution is 0.547. The van der Waals surface area contributed by atoms with Gasteiger partial charge in [0.2, 0.25) is 0 Å². The SMILES string of the molecule is CNc1cncc(N(C)CC2CCCC2)c1. The highest BCUT2D eigenvalue weighted by Crippen LogP contribution is 2.27. The van der Waals surface area contributed by atoms with Crippen LogP contribution in [0.2, 0.25) is 0 Å². The van der Waals surface area contributed by atoms with Crippen LogP contribution in [0.15, 0.2) is 18.5 Å². The van der Waals surface area contributed by atoms with Crippen molar-refractivity contribution in [3.8, 4) is 0 Å². The Kier molecular flexibility index (Phi) is 3.65. The van der Waals surface area contributed by atoms with Gasteiger partial charge in [-0.1, -0.05) is 12.8 Å². The average molecular weight is 219 g/mol. The van der Waals surface area contributed by atoms with E-state index in [1.807, 2.05) is 19.4 Å². The molecule has 0 bridgehead atoms. The summed E-state index contributed by atoms with van der Waals surface area (Å²) in [4.78, 5) is 6.57. The van der Waals surface area contributed by atoms with Crippen LogP contribution in [-0.4, -0.2) is 25.6 Å². The normalized spacial score (nSPS) is 16.4. The first-order valence-electron chi connectivity index (χ1n) is 6.13. The molecule has 0 spiro atoms. The minimum absolute atomic E-state index is 0.878. The summed E-state index contributed by atoms with van der Waals surface area (Å²) < 4.78 is 0. The minimum Gasteiger partial charge on any atom is -0.387 e. The zero-order chi connectivity index (χ0) is 11.4. The van der Waals surface area contributed by atoms with Crippen LogP contribution in [0.25, 0.3) is 0 Å². The van der Waals surface area contributed by atoms with Crippen molar-refractivity contribution in [2.24, 2.45) is 5.92 Å². The number of rotatable bonds is 4. The number of nitrogens with zero attached hydrogens (tertiary/aromatic N) is 2. The lowest BCUT2D eigenvalue weighted by Crippen LogP contribution is -2.24. The number of hydrogen-bond donors (Lipinski definition) is 1. The second-order valence-electron chi connectivity index (χ2n) is 4.71. The highest BCUT2D eigenvalue weighted by atomic mass is 15.1. The fraction of sp³-hybridized carbons (Fsp3) is 0.615. The van der Waals surface area contributed by atoms with Gasteiger partial charge in [0.05, 0.1) is 23.8 Å². The maximum atomic E-state index is 4.25. The molecule has 0 amide bonds. The first-order valence-corrected chi connectivity index (χ1v) is 6.13. The van der Waals surface area contributed by atoms with Crippen molar-refractivity contribution in [3.05, 3.63) is 18.5 Å². The number of hydrogen-bond acceptors (Lipinski definition) is 3. The summed E-state index contributed by atoms with van der Waals surface area (Å²) in [6.45, 7) is 1.16. The van der Waals surface area contributed by atoms with E-state index >= 15 is 0 Å². The molecule has 1 aliphatic carbocycles. The average Bonchev–Trinajstić information content (AvgIpc) is 2.82. The van der Waals surface area contributed by atoms with Crippen molar-refractivity contribution in [2.75, 3.05) is 30.9 Å². The zero-order valence-electron chi connectivity index (χ0n) is 10.2. The Morgan fingerprint density at radius 1 is 1.38 bits per heavy atom. The maximum absolute atomic E-state index is 4.25. The molecule has 16 heavy (non-hydrogen) atoms. The molecule has 0 atom stereocenters. The Morgan fingerprint density at radius 3 is 2.81 bits per heavy atom. The van der Waals surface area contributed by atoms with Crippen LogP contribution in [0.3, 0.4) is 0 Å². The quantitative estimate of drug-likeness (QED) is 0.844. The summed E-state index contributed by atoms with van der Waals surface area (Å²) in [7, 11) is 4.09. The second kappa shape index (κ2) is 5.19. The fourth-order valence-electron chi connectivity index (χ4n) is 2.46. The largest absolute Gasteiger partial charge is 0.387 e. The molecule has 2 rings (SSSR count). The lowest BCUT2D eigenvalue weighted by atomic mass is 10.1. The summed E-state index contributed by atoms with van der Waals surface area (Å²) in [5.41, 5.74) is 2.29. The van der Waals surface area contributed by atoms with Crippen LogP contribution in [-0.2, 0) is 0 Å². The van der Waals surface area contributed by atoms with E-state index in [1.54, 1.807) is 0 Å². The molecule has 1 aromatic heterocycles. The molecule has 0 aliphatic heterocycles. The molecule has 1 aliphatic rings. The molecule has 1 saturated carbocycles. The fourth-order valence-corrected chi connectivity index (χ4v) is 2.46. The van der Waals surface area contributed by atoms with E-state index in [4.69, 9.17) is 0 Å². The highest BCUT2D eigenvalue weighted by Gasteiger charge is 2.17. The minimum atomic E-state index is 0.878. The van der Waals surface area contributed by atoms with Gasteiger partial charge in [0.15, 0.2) is 0 Å². The molecule has 3 heteroatoms. The topological polar surface area (TPSA) is 28.2 Å². The van der Waals surface area contributed by atoms with Gasteiger partial charge in [-0.05, 0) is 24.8 Å². The van der Waals surface area contributed by atoms with Gasteiger partial charge >= 0.3 is 0 Å². The van der Waals surface area contributed by atoms with E-state index < -0.39 is 0 Å². The molecule has 1 heterocycles. The molecule has 0 radical (unpaired) electrons. The maximum Gasteiger partial charge on any atom is 0.0570 e. The van der Waals surface area contributed by atoms with Gasteiger partial charge < -0.3 is 10.2 Å². The number of nitrogens with one attached hydrogen (secondary N) is 1. The van der Waals surface area contributed by atoms with Crippen LogP contribution in [0, 0.1) is 5.92 Å². The van der Waals surface area contributed by atoms with E-state index in [1.165, 1.54) is 31.4 Å². The molecule has 0 saturated heterocycles. The Hall–Kier alpha value is -1.25. The first kappa shape index (κ1) is 11.2. The van der Waals surface area contributed by atoms with Crippen molar-refractivity contribution in [1.82, 2.24) is 4.98 Å². The molecule has 0 unspecified atom stereocenters. The van der Waals surface area contributed by atoms with Crippen molar-refractivity contribution in [1.29, 1.82) is 0 Å². The molecule has 0 aromatic carbocycles. The van der Waals surface area contributed by atoms with Gasteiger partial charge in [0.25, 0.3) is 0 Å². The number of pyridine rings is 1. The summed E-state index contributed by atoms with van der Waals surface area (Å²) in [6.07, 6.45) is 9.40. The van der Waals surface area contributed by atoms with Gasteiger partial charge in [-0.25, -0.2) is 0 Å². The Balaban J connectivity index is 1.98. The van der Waals surface area contributed by atoms with E-state index in [0.717, 1.165) is 18.2 Å². The molecule has 1 aromatic rings. The van der Waals surface area contributed by atoms with Crippen LogP contribution in [0.5, 0.6) is 0 Å². The highest BCUT2D eigenvalue weighted by molar-refractivity contribution is 5.54. The van der Waals surface area contributed by atoms with Gasteiger partial charge in [-0.3, -0.25) is 4.98 Å².